The minimum absolute atomic E-state index is 0.0257. The molecule has 1 N–H and O–H groups in total. The Hall–Kier alpha value is -1.62. The molecule has 92 valence electrons. The summed E-state index contributed by atoms with van der Waals surface area (Å²) in [5.41, 5.74) is 0. The van der Waals surface area contributed by atoms with Crippen LogP contribution in [0.5, 0.6) is 0 Å². The van der Waals surface area contributed by atoms with Crippen molar-refractivity contribution in [1.82, 2.24) is 10.2 Å². The van der Waals surface area contributed by atoms with E-state index in [1.165, 1.54) is 6.26 Å². The van der Waals surface area contributed by atoms with Gasteiger partial charge in [0.15, 0.2) is 5.76 Å². The predicted octanol–water partition coefficient (Wildman–Crippen LogP) is 0.673. The lowest BCUT2D eigenvalue weighted by molar-refractivity contribution is -0.121. The smallest absolute Gasteiger partial charge is 0.234 e. The average Bonchev–Trinajstić information content (AvgIpc) is 2.90. The van der Waals surface area contributed by atoms with Crippen LogP contribution in [-0.2, 0) is 4.79 Å². The van der Waals surface area contributed by atoms with Crippen molar-refractivity contribution >= 4 is 11.7 Å². The first kappa shape index (κ1) is 11.9. The van der Waals surface area contributed by atoms with E-state index in [1.54, 1.807) is 24.1 Å². The summed E-state index contributed by atoms with van der Waals surface area (Å²) in [5.74, 6) is 0.193. The van der Waals surface area contributed by atoms with E-state index < -0.39 is 0 Å². The fourth-order valence-corrected chi connectivity index (χ4v) is 1.56. The zero-order valence-electron chi connectivity index (χ0n) is 9.81. The summed E-state index contributed by atoms with van der Waals surface area (Å²) < 4.78 is 5.00. The molecule has 0 aromatic carbocycles. The Kier molecular flexibility index (Phi) is 3.58. The maximum atomic E-state index is 11.7. The van der Waals surface area contributed by atoms with Gasteiger partial charge in [-0.1, -0.05) is 0 Å². The molecule has 1 amide bonds. The Morgan fingerprint density at radius 1 is 1.47 bits per heavy atom. The number of amides is 1. The third kappa shape index (κ3) is 3.71. The molecule has 0 radical (unpaired) electrons. The number of likely N-dealkylation sites (N-methyl/N-ethyl adjacent to an activating group) is 1. The monoisotopic (exact) mass is 236 g/mol. The molecule has 5 nitrogen and oxygen atoms in total. The fourth-order valence-electron chi connectivity index (χ4n) is 1.56. The van der Waals surface area contributed by atoms with Gasteiger partial charge in [0.1, 0.15) is 0 Å². The number of rotatable bonds is 6. The number of carbonyl (C=O) groups excluding carboxylic acids is 2. The van der Waals surface area contributed by atoms with Crippen LogP contribution in [0.15, 0.2) is 22.8 Å². The van der Waals surface area contributed by atoms with Crippen molar-refractivity contribution in [3.05, 3.63) is 24.2 Å². The summed E-state index contributed by atoms with van der Waals surface area (Å²) in [4.78, 5) is 24.8. The lowest BCUT2D eigenvalue weighted by atomic mass is 10.3. The van der Waals surface area contributed by atoms with E-state index in [9.17, 15) is 9.59 Å². The van der Waals surface area contributed by atoms with Gasteiger partial charge in [-0.3, -0.25) is 14.5 Å². The molecular formula is C12H16N2O3. The Labute approximate surface area is 99.8 Å². The molecule has 0 unspecified atom stereocenters. The van der Waals surface area contributed by atoms with Crippen LogP contribution in [0, 0.1) is 0 Å². The first-order valence-corrected chi connectivity index (χ1v) is 5.70. The van der Waals surface area contributed by atoms with Crippen molar-refractivity contribution in [1.29, 1.82) is 0 Å². The Balaban J connectivity index is 1.74. The van der Waals surface area contributed by atoms with Gasteiger partial charge in [0, 0.05) is 6.04 Å². The summed E-state index contributed by atoms with van der Waals surface area (Å²) in [5, 5.41) is 2.88. The second-order valence-corrected chi connectivity index (χ2v) is 4.41. The zero-order chi connectivity index (χ0) is 12.3. The Bertz CT molecular complexity index is 396. The van der Waals surface area contributed by atoms with Gasteiger partial charge < -0.3 is 9.73 Å². The predicted molar refractivity (Wildman–Crippen MR) is 61.7 cm³/mol. The van der Waals surface area contributed by atoms with Gasteiger partial charge in [0.05, 0.1) is 19.4 Å². The molecule has 0 bridgehead atoms. The summed E-state index contributed by atoms with van der Waals surface area (Å²) in [6, 6.07) is 3.66. The molecular weight excluding hydrogens is 220 g/mol. The normalized spacial score (nSPS) is 14.9. The number of carbonyl (C=O) groups is 2. The summed E-state index contributed by atoms with van der Waals surface area (Å²) in [6.45, 7) is 0.425. The molecule has 2 rings (SSSR count). The van der Waals surface area contributed by atoms with Crippen molar-refractivity contribution in [2.24, 2.45) is 0 Å². The van der Waals surface area contributed by atoms with Crippen molar-refractivity contribution in [3.63, 3.8) is 0 Å². The van der Waals surface area contributed by atoms with Gasteiger partial charge in [-0.25, -0.2) is 0 Å². The van der Waals surface area contributed by atoms with Crippen LogP contribution in [0.3, 0.4) is 0 Å². The topological polar surface area (TPSA) is 62.6 Å². The molecule has 0 saturated heterocycles. The maximum Gasteiger partial charge on any atom is 0.234 e. The van der Waals surface area contributed by atoms with E-state index in [4.69, 9.17) is 4.42 Å². The van der Waals surface area contributed by atoms with E-state index in [-0.39, 0.29) is 24.8 Å². The first-order chi connectivity index (χ1) is 8.15. The largest absolute Gasteiger partial charge is 0.461 e. The van der Waals surface area contributed by atoms with E-state index >= 15 is 0 Å². The van der Waals surface area contributed by atoms with Crippen molar-refractivity contribution in [2.45, 2.75) is 18.9 Å². The van der Waals surface area contributed by atoms with Crippen molar-refractivity contribution in [3.8, 4) is 0 Å². The highest BCUT2D eigenvalue weighted by Crippen LogP contribution is 2.18. The molecule has 17 heavy (non-hydrogen) atoms. The second-order valence-electron chi connectivity index (χ2n) is 4.41. The maximum absolute atomic E-state index is 11.7. The van der Waals surface area contributed by atoms with Gasteiger partial charge in [-0.05, 0) is 32.0 Å². The SMILES string of the molecule is CN(CC(=O)NC1CC1)CC(=O)c1ccco1. The minimum Gasteiger partial charge on any atom is -0.461 e. The number of nitrogens with zero attached hydrogens (tertiary/aromatic N) is 1. The van der Waals surface area contributed by atoms with Crippen LogP contribution in [0.2, 0.25) is 0 Å². The Morgan fingerprint density at radius 2 is 2.24 bits per heavy atom. The highest BCUT2D eigenvalue weighted by Gasteiger charge is 2.23. The molecule has 0 atom stereocenters. The molecule has 5 heteroatoms. The van der Waals surface area contributed by atoms with Gasteiger partial charge in [0.25, 0.3) is 0 Å². The highest BCUT2D eigenvalue weighted by molar-refractivity contribution is 5.95. The Morgan fingerprint density at radius 3 is 2.82 bits per heavy atom. The quantitative estimate of drug-likeness (QED) is 0.737. The van der Waals surface area contributed by atoms with Crippen molar-refractivity contribution in [2.75, 3.05) is 20.1 Å². The molecule has 1 heterocycles. The molecule has 1 fully saturated rings. The van der Waals surface area contributed by atoms with Crippen LogP contribution in [-0.4, -0.2) is 42.8 Å². The number of ketones is 1. The summed E-state index contributed by atoms with van der Waals surface area (Å²) in [6.07, 6.45) is 3.61. The summed E-state index contributed by atoms with van der Waals surface area (Å²) >= 11 is 0. The van der Waals surface area contributed by atoms with E-state index in [1.807, 2.05) is 0 Å². The minimum atomic E-state index is -0.114. The fraction of sp³-hybridized carbons (Fsp3) is 0.500. The zero-order valence-corrected chi connectivity index (χ0v) is 9.81. The molecule has 0 aliphatic heterocycles. The number of hydrogen-bond donors (Lipinski definition) is 1. The van der Waals surface area contributed by atoms with Gasteiger partial charge in [0.2, 0.25) is 11.7 Å². The second kappa shape index (κ2) is 5.14. The molecule has 1 aliphatic carbocycles. The van der Waals surface area contributed by atoms with E-state index in [0.29, 0.717) is 11.8 Å². The summed E-state index contributed by atoms with van der Waals surface area (Å²) in [7, 11) is 1.74. The van der Waals surface area contributed by atoms with Crippen LogP contribution >= 0.6 is 0 Å². The average molecular weight is 236 g/mol. The van der Waals surface area contributed by atoms with Gasteiger partial charge in [-0.15, -0.1) is 0 Å². The number of furan rings is 1. The third-order valence-electron chi connectivity index (χ3n) is 2.57. The highest BCUT2D eigenvalue weighted by atomic mass is 16.3. The van der Waals surface area contributed by atoms with Crippen molar-refractivity contribution < 1.29 is 14.0 Å². The molecule has 1 saturated carbocycles. The van der Waals surface area contributed by atoms with Crippen LogP contribution in [0.25, 0.3) is 0 Å². The molecule has 1 aromatic heterocycles. The van der Waals surface area contributed by atoms with E-state index in [0.717, 1.165) is 12.8 Å². The molecule has 0 spiro atoms. The van der Waals surface area contributed by atoms with Crippen LogP contribution < -0.4 is 5.32 Å². The van der Waals surface area contributed by atoms with Gasteiger partial charge >= 0.3 is 0 Å². The lowest BCUT2D eigenvalue weighted by Gasteiger charge is -2.14. The standard InChI is InChI=1S/C12H16N2O3/c1-14(8-12(16)13-9-4-5-9)7-10(15)11-3-2-6-17-11/h2-3,6,9H,4-5,7-8H2,1H3,(H,13,16). The van der Waals surface area contributed by atoms with E-state index in [2.05, 4.69) is 5.32 Å². The lowest BCUT2D eigenvalue weighted by Crippen LogP contribution is -2.38. The number of hydrogen-bond acceptors (Lipinski definition) is 4. The number of Topliss-reactive ketones (excluding diaryl/α,β-unsaturated/α-hetero) is 1. The first-order valence-electron chi connectivity index (χ1n) is 5.70. The molecule has 1 aliphatic rings. The van der Waals surface area contributed by atoms with Gasteiger partial charge in [-0.2, -0.15) is 0 Å². The number of nitrogens with one attached hydrogen (secondary N) is 1. The third-order valence-corrected chi connectivity index (χ3v) is 2.57. The van der Waals surface area contributed by atoms with Crippen LogP contribution in [0.1, 0.15) is 23.4 Å². The van der Waals surface area contributed by atoms with Crippen LogP contribution in [0.4, 0.5) is 0 Å². The molecule has 1 aromatic rings.